The lowest BCUT2D eigenvalue weighted by atomic mass is 10.1. The Balaban J connectivity index is 1.82. The molecule has 1 aromatic carbocycles. The average molecular weight is 238 g/mol. The largest absolute Gasteiger partial charge is 0.491 e. The second kappa shape index (κ2) is 6.00. The highest BCUT2D eigenvalue weighted by Crippen LogP contribution is 2.33. The average Bonchev–Trinajstić information content (AvgIpc) is 2.71. The fourth-order valence-corrected chi connectivity index (χ4v) is 2.05. The molecule has 0 bridgehead atoms. The summed E-state index contributed by atoms with van der Waals surface area (Å²) in [5.74, 6) is 0.811. The van der Waals surface area contributed by atoms with Gasteiger partial charge in [-0.1, -0.05) is 6.07 Å². The Morgan fingerprint density at radius 3 is 2.94 bits per heavy atom. The highest BCUT2D eigenvalue weighted by molar-refractivity contribution is 5.39. The molecule has 1 aromatic rings. The Hall–Kier alpha value is -1.10. The first-order chi connectivity index (χ1) is 8.31. The van der Waals surface area contributed by atoms with Gasteiger partial charge in [0.15, 0.2) is 0 Å². The van der Waals surface area contributed by atoms with Crippen LogP contribution in [0.3, 0.4) is 0 Å². The standard InChI is InChI=1S/C13H18O4/c14-5-6-16-7-8-17-11-2-3-12-10(9-11)1-4-13(12)15/h2-3,9,13-15H,1,4-8H2. The predicted octanol–water partition coefficient (Wildman–Crippen LogP) is 1.05. The normalized spacial score (nSPS) is 18.1. The molecule has 0 fully saturated rings. The van der Waals surface area contributed by atoms with Gasteiger partial charge in [0.2, 0.25) is 0 Å². The second-order valence-corrected chi connectivity index (χ2v) is 4.10. The van der Waals surface area contributed by atoms with Crippen molar-refractivity contribution in [2.45, 2.75) is 18.9 Å². The molecule has 1 atom stereocenters. The van der Waals surface area contributed by atoms with E-state index in [0.717, 1.165) is 24.2 Å². The van der Waals surface area contributed by atoms with Crippen LogP contribution in [0, 0.1) is 0 Å². The van der Waals surface area contributed by atoms with Crippen molar-refractivity contribution in [1.29, 1.82) is 0 Å². The van der Waals surface area contributed by atoms with Gasteiger partial charge < -0.3 is 19.7 Å². The molecule has 0 radical (unpaired) electrons. The van der Waals surface area contributed by atoms with Gasteiger partial charge in [-0.05, 0) is 36.1 Å². The molecule has 94 valence electrons. The Morgan fingerprint density at radius 1 is 1.24 bits per heavy atom. The number of hydrogen-bond acceptors (Lipinski definition) is 4. The van der Waals surface area contributed by atoms with Crippen LogP contribution in [0.2, 0.25) is 0 Å². The molecular formula is C13H18O4. The van der Waals surface area contributed by atoms with E-state index in [1.54, 1.807) is 0 Å². The van der Waals surface area contributed by atoms with Crippen LogP contribution in [-0.4, -0.2) is 36.6 Å². The molecule has 0 saturated heterocycles. The first-order valence-electron chi connectivity index (χ1n) is 5.93. The third-order valence-corrected chi connectivity index (χ3v) is 2.89. The summed E-state index contributed by atoms with van der Waals surface area (Å²) in [4.78, 5) is 0. The third-order valence-electron chi connectivity index (χ3n) is 2.89. The Bertz CT molecular complexity index is 364. The molecule has 17 heavy (non-hydrogen) atoms. The Morgan fingerprint density at radius 2 is 2.12 bits per heavy atom. The van der Waals surface area contributed by atoms with Crippen molar-refractivity contribution in [3.05, 3.63) is 29.3 Å². The van der Waals surface area contributed by atoms with E-state index < -0.39 is 0 Å². The minimum absolute atomic E-state index is 0.0384. The summed E-state index contributed by atoms with van der Waals surface area (Å²) in [5.41, 5.74) is 2.19. The molecule has 0 heterocycles. The molecule has 4 nitrogen and oxygen atoms in total. The van der Waals surface area contributed by atoms with Crippen molar-refractivity contribution in [3.8, 4) is 5.75 Å². The van der Waals surface area contributed by atoms with Gasteiger partial charge >= 0.3 is 0 Å². The zero-order chi connectivity index (χ0) is 12.1. The number of fused-ring (bicyclic) bond motifs is 1. The van der Waals surface area contributed by atoms with Gasteiger partial charge in [-0.2, -0.15) is 0 Å². The van der Waals surface area contributed by atoms with Crippen molar-refractivity contribution in [2.24, 2.45) is 0 Å². The summed E-state index contributed by atoms with van der Waals surface area (Å²) in [6.07, 6.45) is 1.40. The van der Waals surface area contributed by atoms with E-state index in [2.05, 4.69) is 0 Å². The van der Waals surface area contributed by atoms with Gasteiger partial charge in [0.05, 0.1) is 25.9 Å². The van der Waals surface area contributed by atoms with Crippen molar-refractivity contribution in [2.75, 3.05) is 26.4 Å². The number of rotatable bonds is 6. The number of ether oxygens (including phenoxy) is 2. The maximum atomic E-state index is 9.66. The van der Waals surface area contributed by atoms with Gasteiger partial charge in [-0.25, -0.2) is 0 Å². The van der Waals surface area contributed by atoms with Crippen molar-refractivity contribution < 1.29 is 19.7 Å². The van der Waals surface area contributed by atoms with Gasteiger partial charge in [-0.15, -0.1) is 0 Å². The number of aliphatic hydroxyl groups excluding tert-OH is 2. The molecular weight excluding hydrogens is 220 g/mol. The van der Waals surface area contributed by atoms with Crippen LogP contribution < -0.4 is 4.74 Å². The maximum Gasteiger partial charge on any atom is 0.119 e. The molecule has 4 heteroatoms. The highest BCUT2D eigenvalue weighted by atomic mass is 16.5. The lowest BCUT2D eigenvalue weighted by Crippen LogP contribution is -2.09. The van der Waals surface area contributed by atoms with Gasteiger partial charge in [-0.3, -0.25) is 0 Å². The van der Waals surface area contributed by atoms with Crippen LogP contribution in [0.25, 0.3) is 0 Å². The summed E-state index contributed by atoms with van der Waals surface area (Å²) in [7, 11) is 0. The highest BCUT2D eigenvalue weighted by Gasteiger charge is 2.20. The second-order valence-electron chi connectivity index (χ2n) is 4.10. The molecule has 1 aliphatic rings. The summed E-state index contributed by atoms with van der Waals surface area (Å²) in [6, 6.07) is 5.79. The van der Waals surface area contributed by atoms with Crippen molar-refractivity contribution >= 4 is 0 Å². The minimum atomic E-state index is -0.313. The first-order valence-corrected chi connectivity index (χ1v) is 5.93. The molecule has 0 saturated carbocycles. The molecule has 2 rings (SSSR count). The van der Waals surface area contributed by atoms with E-state index in [-0.39, 0.29) is 12.7 Å². The summed E-state index contributed by atoms with van der Waals surface area (Å²) >= 11 is 0. The van der Waals surface area contributed by atoms with Crippen LogP contribution in [0.1, 0.15) is 23.7 Å². The summed E-state index contributed by atoms with van der Waals surface area (Å²) < 4.78 is 10.6. The lowest BCUT2D eigenvalue weighted by molar-refractivity contribution is 0.0705. The Labute approximate surface area is 101 Å². The van der Waals surface area contributed by atoms with Crippen molar-refractivity contribution in [1.82, 2.24) is 0 Å². The minimum Gasteiger partial charge on any atom is -0.491 e. The van der Waals surface area contributed by atoms with Gasteiger partial charge in [0, 0.05) is 0 Å². The lowest BCUT2D eigenvalue weighted by Gasteiger charge is -2.09. The molecule has 1 aliphatic carbocycles. The predicted molar refractivity (Wildman–Crippen MR) is 63.1 cm³/mol. The Kier molecular flexibility index (Phi) is 4.36. The molecule has 2 N–H and O–H groups in total. The molecule has 0 amide bonds. The topological polar surface area (TPSA) is 58.9 Å². The van der Waals surface area contributed by atoms with E-state index in [9.17, 15) is 5.11 Å². The fraction of sp³-hybridized carbons (Fsp3) is 0.538. The van der Waals surface area contributed by atoms with E-state index in [1.807, 2.05) is 18.2 Å². The van der Waals surface area contributed by atoms with Crippen LogP contribution in [0.15, 0.2) is 18.2 Å². The number of hydrogen-bond donors (Lipinski definition) is 2. The number of aliphatic hydroxyl groups is 2. The smallest absolute Gasteiger partial charge is 0.119 e. The van der Waals surface area contributed by atoms with Crippen LogP contribution in [-0.2, 0) is 11.2 Å². The first kappa shape index (κ1) is 12.4. The molecule has 0 aromatic heterocycles. The van der Waals surface area contributed by atoms with E-state index in [1.165, 1.54) is 5.56 Å². The monoisotopic (exact) mass is 238 g/mol. The fourth-order valence-electron chi connectivity index (χ4n) is 2.05. The molecule has 1 unspecified atom stereocenters. The zero-order valence-corrected chi connectivity index (χ0v) is 9.76. The van der Waals surface area contributed by atoms with E-state index >= 15 is 0 Å². The third kappa shape index (κ3) is 3.19. The molecule has 0 spiro atoms. The summed E-state index contributed by atoms with van der Waals surface area (Å²) in [6.45, 7) is 1.33. The zero-order valence-electron chi connectivity index (χ0n) is 9.76. The van der Waals surface area contributed by atoms with Crippen LogP contribution in [0.5, 0.6) is 5.75 Å². The molecule has 0 aliphatic heterocycles. The van der Waals surface area contributed by atoms with Crippen LogP contribution in [0.4, 0.5) is 0 Å². The summed E-state index contributed by atoms with van der Waals surface area (Å²) in [5, 5.41) is 18.2. The van der Waals surface area contributed by atoms with Crippen LogP contribution >= 0.6 is 0 Å². The SMILES string of the molecule is OCCOCCOc1ccc2c(c1)CCC2O. The maximum absolute atomic E-state index is 9.66. The van der Waals surface area contributed by atoms with Gasteiger partial charge in [0.1, 0.15) is 12.4 Å². The van der Waals surface area contributed by atoms with Crippen molar-refractivity contribution in [3.63, 3.8) is 0 Å². The number of aryl methyl sites for hydroxylation is 1. The van der Waals surface area contributed by atoms with Gasteiger partial charge in [0.25, 0.3) is 0 Å². The van der Waals surface area contributed by atoms with E-state index in [0.29, 0.717) is 19.8 Å². The number of benzene rings is 1. The van der Waals surface area contributed by atoms with E-state index in [4.69, 9.17) is 14.6 Å². The quantitative estimate of drug-likeness (QED) is 0.727.